The Morgan fingerprint density at radius 2 is 1.02 bits per heavy atom. The Bertz CT molecular complexity index is 912. The van der Waals surface area contributed by atoms with Crippen molar-refractivity contribution in [2.75, 3.05) is 19.8 Å². The third-order valence-electron chi connectivity index (χ3n) is 9.45. The zero-order chi connectivity index (χ0) is 38.2. The van der Waals surface area contributed by atoms with Gasteiger partial charge in [0.25, 0.3) is 0 Å². The Morgan fingerprint density at radius 3 is 1.48 bits per heavy atom. The summed E-state index contributed by atoms with van der Waals surface area (Å²) in [5, 5.41) is 13.6. The number of amides is 1. The van der Waals surface area contributed by atoms with Gasteiger partial charge < -0.3 is 21.1 Å². The molecule has 8 nitrogen and oxygen atoms in total. The number of rotatable bonds is 40. The van der Waals surface area contributed by atoms with Gasteiger partial charge in [0.05, 0.1) is 25.4 Å². The Hall–Kier alpha value is -1.28. The van der Waals surface area contributed by atoms with Crippen LogP contribution in [-0.2, 0) is 18.4 Å². The van der Waals surface area contributed by atoms with Crippen LogP contribution in [0.3, 0.4) is 0 Å². The van der Waals surface area contributed by atoms with Crippen molar-refractivity contribution in [3.8, 4) is 0 Å². The summed E-state index contributed by atoms with van der Waals surface area (Å²) in [6, 6.07) is -0.879. The van der Waals surface area contributed by atoms with Gasteiger partial charge in [-0.05, 0) is 44.9 Å². The molecule has 9 heteroatoms. The van der Waals surface area contributed by atoms with E-state index in [0.29, 0.717) is 6.42 Å². The van der Waals surface area contributed by atoms with Crippen LogP contribution in [0, 0.1) is 0 Å². The second kappa shape index (κ2) is 39.4. The zero-order valence-electron chi connectivity index (χ0n) is 33.8. The zero-order valence-corrected chi connectivity index (χ0v) is 34.7. The highest BCUT2D eigenvalue weighted by atomic mass is 31.2. The largest absolute Gasteiger partial charge is 0.472 e. The van der Waals surface area contributed by atoms with Gasteiger partial charge in [-0.25, -0.2) is 4.57 Å². The van der Waals surface area contributed by atoms with Gasteiger partial charge in [0.15, 0.2) is 0 Å². The number of carbonyl (C=O) groups is 1. The lowest BCUT2D eigenvalue weighted by Gasteiger charge is -2.23. The molecule has 0 bridgehead atoms. The maximum atomic E-state index is 12.7. The van der Waals surface area contributed by atoms with Crippen LogP contribution in [0.15, 0.2) is 36.5 Å². The molecule has 0 aromatic heterocycles. The van der Waals surface area contributed by atoms with E-state index in [2.05, 4.69) is 43.5 Å². The smallest absolute Gasteiger partial charge is 0.387 e. The number of carbonyl (C=O) groups excluding carboxylic acids is 1. The molecule has 0 aliphatic rings. The maximum absolute atomic E-state index is 12.7. The van der Waals surface area contributed by atoms with Gasteiger partial charge in [-0.3, -0.25) is 13.8 Å². The van der Waals surface area contributed by atoms with Gasteiger partial charge in [-0.2, -0.15) is 0 Å². The van der Waals surface area contributed by atoms with Crippen molar-refractivity contribution in [1.29, 1.82) is 0 Å². The van der Waals surface area contributed by atoms with E-state index in [4.69, 9.17) is 14.8 Å². The van der Waals surface area contributed by atoms with Crippen molar-refractivity contribution in [3.05, 3.63) is 36.5 Å². The fourth-order valence-electron chi connectivity index (χ4n) is 6.16. The van der Waals surface area contributed by atoms with Crippen molar-refractivity contribution in [3.63, 3.8) is 0 Å². The molecule has 0 aromatic carbocycles. The molecule has 0 aromatic rings. The van der Waals surface area contributed by atoms with Gasteiger partial charge in [0.2, 0.25) is 5.91 Å². The standard InChI is InChI=1S/C43H83N2O6P/c1-3-5-7-9-11-13-15-17-18-19-20-21-22-23-25-27-29-31-33-35-37-43(47)45-41(40-51-52(48,49)50-39-38-44)42(46)36-34-32-30-28-26-24-16-14-12-10-8-6-4-2/h12,14,26,28,34,36,41-42,46H,3-11,13,15-25,27,29-33,35,37-40,44H2,1-2H3,(H,45,47)(H,48,49)/b14-12+,28-26+,36-34+. The lowest BCUT2D eigenvalue weighted by atomic mass is 10.0. The van der Waals surface area contributed by atoms with Crippen LogP contribution < -0.4 is 11.1 Å². The average Bonchev–Trinajstić information content (AvgIpc) is 3.13. The van der Waals surface area contributed by atoms with Gasteiger partial charge in [0.1, 0.15) is 0 Å². The summed E-state index contributed by atoms with van der Waals surface area (Å²) in [4.78, 5) is 22.7. The van der Waals surface area contributed by atoms with Crippen LogP contribution in [0.4, 0.5) is 0 Å². The van der Waals surface area contributed by atoms with Crippen LogP contribution in [0.2, 0.25) is 0 Å². The first kappa shape index (κ1) is 50.7. The number of nitrogens with two attached hydrogens (primary N) is 1. The van der Waals surface area contributed by atoms with Gasteiger partial charge in [-0.15, -0.1) is 0 Å². The molecule has 0 radical (unpaired) electrons. The topological polar surface area (TPSA) is 131 Å². The quantitative estimate of drug-likeness (QED) is 0.0278. The first-order chi connectivity index (χ1) is 25.4. The molecule has 0 saturated heterocycles. The Kier molecular flexibility index (Phi) is 38.4. The van der Waals surface area contributed by atoms with Crippen LogP contribution in [0.1, 0.15) is 200 Å². The predicted octanol–water partition coefficient (Wildman–Crippen LogP) is 11.9. The van der Waals surface area contributed by atoms with Crippen LogP contribution >= 0.6 is 7.82 Å². The molecule has 0 saturated carbocycles. The molecule has 0 heterocycles. The van der Waals surface area contributed by atoms with Crippen molar-refractivity contribution in [2.45, 2.75) is 212 Å². The first-order valence-electron chi connectivity index (χ1n) is 21.6. The highest BCUT2D eigenvalue weighted by Gasteiger charge is 2.26. The summed E-state index contributed by atoms with van der Waals surface area (Å²) in [7, 11) is -4.35. The molecular formula is C43H83N2O6P. The third kappa shape index (κ3) is 37.1. The van der Waals surface area contributed by atoms with Crippen molar-refractivity contribution in [1.82, 2.24) is 5.32 Å². The van der Waals surface area contributed by atoms with Crippen molar-refractivity contribution >= 4 is 13.7 Å². The second-order valence-electron chi connectivity index (χ2n) is 14.5. The number of unbranched alkanes of at least 4 members (excludes halogenated alkanes) is 24. The highest BCUT2D eigenvalue weighted by Crippen LogP contribution is 2.43. The molecule has 0 spiro atoms. The molecule has 52 heavy (non-hydrogen) atoms. The minimum Gasteiger partial charge on any atom is -0.387 e. The molecule has 0 aliphatic carbocycles. The third-order valence-corrected chi connectivity index (χ3v) is 10.4. The lowest BCUT2D eigenvalue weighted by molar-refractivity contribution is -0.123. The molecule has 0 fully saturated rings. The maximum Gasteiger partial charge on any atom is 0.472 e. The van der Waals surface area contributed by atoms with E-state index < -0.39 is 20.0 Å². The predicted molar refractivity (Wildman–Crippen MR) is 221 cm³/mol. The summed E-state index contributed by atoms with van der Waals surface area (Å²) < 4.78 is 22.1. The Balaban J connectivity index is 4.19. The molecule has 5 N–H and O–H groups in total. The molecule has 0 rings (SSSR count). The number of hydrogen-bond acceptors (Lipinski definition) is 6. The summed E-state index contributed by atoms with van der Waals surface area (Å²) in [6.45, 7) is 4.08. The fourth-order valence-corrected chi connectivity index (χ4v) is 6.92. The SMILES string of the molecule is CCCCC/C=C/CC/C=C/CC/C=C/C(O)C(COP(=O)(O)OCCN)NC(=O)CCCCCCCCCCCCCCCCCCCCCC. The van der Waals surface area contributed by atoms with E-state index in [1.165, 1.54) is 128 Å². The minimum atomic E-state index is -4.35. The van der Waals surface area contributed by atoms with Gasteiger partial charge in [0, 0.05) is 13.0 Å². The fraction of sp³-hybridized carbons (Fsp3) is 0.837. The second-order valence-corrected chi connectivity index (χ2v) is 16.0. The molecule has 3 unspecified atom stereocenters. The van der Waals surface area contributed by atoms with E-state index in [1.54, 1.807) is 6.08 Å². The highest BCUT2D eigenvalue weighted by molar-refractivity contribution is 7.47. The molecule has 0 aliphatic heterocycles. The van der Waals surface area contributed by atoms with E-state index in [0.717, 1.165) is 51.4 Å². The number of phosphoric acid groups is 1. The van der Waals surface area contributed by atoms with Crippen molar-refractivity contribution < 1.29 is 28.4 Å². The minimum absolute atomic E-state index is 0.0725. The summed E-state index contributed by atoms with van der Waals surface area (Å²) in [5.41, 5.74) is 5.36. The number of aliphatic hydroxyl groups excluding tert-OH is 1. The van der Waals surface area contributed by atoms with Crippen LogP contribution in [-0.4, -0.2) is 47.8 Å². The molecular weight excluding hydrogens is 671 g/mol. The lowest BCUT2D eigenvalue weighted by Crippen LogP contribution is -2.45. The number of phosphoric ester groups is 1. The van der Waals surface area contributed by atoms with Crippen LogP contribution in [0.25, 0.3) is 0 Å². The molecule has 3 atom stereocenters. The number of nitrogens with one attached hydrogen (secondary N) is 1. The summed E-state index contributed by atoms with van der Waals surface area (Å²) in [6.07, 6.45) is 46.3. The number of allylic oxidation sites excluding steroid dienone is 5. The Morgan fingerprint density at radius 1 is 0.615 bits per heavy atom. The summed E-state index contributed by atoms with van der Waals surface area (Å²) >= 11 is 0. The number of hydrogen-bond donors (Lipinski definition) is 4. The van der Waals surface area contributed by atoms with Crippen LogP contribution in [0.5, 0.6) is 0 Å². The van der Waals surface area contributed by atoms with E-state index >= 15 is 0 Å². The van der Waals surface area contributed by atoms with E-state index in [-0.39, 0.29) is 25.7 Å². The molecule has 1 amide bonds. The normalized spacial score (nSPS) is 14.5. The Labute approximate surface area is 320 Å². The van der Waals surface area contributed by atoms with E-state index in [1.807, 2.05) is 6.08 Å². The monoisotopic (exact) mass is 755 g/mol. The van der Waals surface area contributed by atoms with Gasteiger partial charge >= 0.3 is 7.82 Å². The number of aliphatic hydroxyl groups is 1. The molecule has 306 valence electrons. The van der Waals surface area contributed by atoms with Crippen molar-refractivity contribution in [2.24, 2.45) is 5.73 Å². The van der Waals surface area contributed by atoms with E-state index in [9.17, 15) is 19.4 Å². The van der Waals surface area contributed by atoms with Gasteiger partial charge in [-0.1, -0.05) is 185 Å². The first-order valence-corrected chi connectivity index (χ1v) is 23.1. The summed E-state index contributed by atoms with van der Waals surface area (Å²) in [5.74, 6) is -0.207. The average molecular weight is 755 g/mol.